The number of hydrogen-bond donors (Lipinski definition) is 2. The van der Waals surface area contributed by atoms with Gasteiger partial charge in [-0.05, 0) is 60.2 Å². The Morgan fingerprint density at radius 3 is 2.59 bits per heavy atom. The summed E-state index contributed by atoms with van der Waals surface area (Å²) in [4.78, 5) is 19.5. The summed E-state index contributed by atoms with van der Waals surface area (Å²) in [6, 6.07) is 16.6. The minimum Gasteiger partial charge on any atom is -0.361 e. The van der Waals surface area contributed by atoms with Crippen LogP contribution < -0.4 is 5.32 Å². The quantitative estimate of drug-likeness (QED) is 0.492. The fourth-order valence-electron chi connectivity index (χ4n) is 2.97. The number of aromatic nitrogens is 2. The molecule has 2 heterocycles. The minimum absolute atomic E-state index is 0.162. The highest BCUT2D eigenvalue weighted by Crippen LogP contribution is 2.28. The second kappa shape index (κ2) is 7.73. The van der Waals surface area contributed by atoms with Gasteiger partial charge in [-0.25, -0.2) is 8.42 Å². The maximum Gasteiger partial charge on any atom is 0.248 e. The van der Waals surface area contributed by atoms with Crippen LogP contribution >= 0.6 is 0 Å². The number of pyridine rings is 1. The van der Waals surface area contributed by atoms with E-state index in [1.807, 2.05) is 12.1 Å². The number of hydrogen-bond acceptors (Lipinski definition) is 4. The van der Waals surface area contributed by atoms with Gasteiger partial charge in [-0.3, -0.25) is 9.78 Å². The summed E-state index contributed by atoms with van der Waals surface area (Å²) in [6.07, 6.45) is 8.06. The third kappa shape index (κ3) is 3.95. The average Bonchev–Trinajstić information content (AvgIpc) is 3.22. The molecule has 0 aliphatic rings. The molecule has 0 aliphatic carbocycles. The van der Waals surface area contributed by atoms with Crippen LogP contribution in [-0.2, 0) is 14.6 Å². The first-order valence-electron chi connectivity index (χ1n) is 8.84. The zero-order valence-corrected chi connectivity index (χ0v) is 16.1. The van der Waals surface area contributed by atoms with E-state index in [2.05, 4.69) is 15.3 Å². The zero-order valence-electron chi connectivity index (χ0n) is 15.2. The van der Waals surface area contributed by atoms with E-state index in [4.69, 9.17) is 0 Å². The highest BCUT2D eigenvalue weighted by molar-refractivity contribution is 7.91. The summed E-state index contributed by atoms with van der Waals surface area (Å²) in [6.45, 7) is 0. The molecule has 0 unspecified atom stereocenters. The van der Waals surface area contributed by atoms with Crippen molar-refractivity contribution in [3.05, 3.63) is 90.9 Å². The van der Waals surface area contributed by atoms with Gasteiger partial charge in [0, 0.05) is 41.3 Å². The summed E-state index contributed by atoms with van der Waals surface area (Å²) in [5.74, 6) is -0.318. The Morgan fingerprint density at radius 2 is 1.83 bits per heavy atom. The third-order valence-corrected chi connectivity index (χ3v) is 6.22. The number of carbonyl (C=O) groups excluding carboxylic acids is 1. The second-order valence-corrected chi connectivity index (χ2v) is 8.25. The molecule has 0 fully saturated rings. The highest BCUT2D eigenvalue weighted by Gasteiger charge is 2.20. The molecule has 0 saturated heterocycles. The Bertz CT molecular complexity index is 1290. The van der Waals surface area contributed by atoms with Gasteiger partial charge in [0.1, 0.15) is 0 Å². The van der Waals surface area contributed by atoms with Crippen LogP contribution in [0.4, 0.5) is 5.69 Å². The largest absolute Gasteiger partial charge is 0.361 e. The van der Waals surface area contributed by atoms with Gasteiger partial charge >= 0.3 is 0 Å². The van der Waals surface area contributed by atoms with E-state index in [0.29, 0.717) is 11.1 Å². The molecule has 2 aromatic carbocycles. The molecule has 0 bridgehead atoms. The Balaban J connectivity index is 1.52. The van der Waals surface area contributed by atoms with E-state index in [0.717, 1.165) is 11.1 Å². The summed E-state index contributed by atoms with van der Waals surface area (Å²) in [5.41, 5.74) is 2.07. The third-order valence-electron chi connectivity index (χ3n) is 4.39. The topological polar surface area (TPSA) is 91.9 Å². The Labute approximate surface area is 167 Å². The predicted octanol–water partition coefficient (Wildman–Crippen LogP) is 4.05. The Morgan fingerprint density at radius 1 is 1.00 bits per heavy atom. The number of nitrogens with one attached hydrogen (secondary N) is 2. The molecule has 144 valence electrons. The zero-order chi connectivity index (χ0) is 20.3. The van der Waals surface area contributed by atoms with Crippen LogP contribution in [-0.4, -0.2) is 24.3 Å². The monoisotopic (exact) mass is 403 g/mol. The van der Waals surface area contributed by atoms with Crippen molar-refractivity contribution in [2.24, 2.45) is 0 Å². The molecule has 7 heteroatoms. The van der Waals surface area contributed by atoms with Crippen molar-refractivity contribution in [2.45, 2.75) is 9.79 Å². The lowest BCUT2D eigenvalue weighted by Crippen LogP contribution is -2.08. The number of anilines is 1. The molecule has 1 amide bonds. The number of H-pyrrole nitrogens is 1. The van der Waals surface area contributed by atoms with E-state index < -0.39 is 9.84 Å². The van der Waals surface area contributed by atoms with Crippen molar-refractivity contribution >= 4 is 38.4 Å². The van der Waals surface area contributed by atoms with Crippen molar-refractivity contribution in [1.29, 1.82) is 0 Å². The van der Waals surface area contributed by atoms with E-state index in [1.54, 1.807) is 61.1 Å². The molecule has 2 N–H and O–H groups in total. The Kier molecular flexibility index (Phi) is 4.97. The first-order valence-corrected chi connectivity index (χ1v) is 10.3. The van der Waals surface area contributed by atoms with Crippen molar-refractivity contribution in [3.63, 3.8) is 0 Å². The van der Waals surface area contributed by atoms with Crippen molar-refractivity contribution in [3.8, 4) is 0 Å². The Hall–Kier alpha value is -3.71. The van der Waals surface area contributed by atoms with E-state index in [-0.39, 0.29) is 15.7 Å². The number of fused-ring (bicyclic) bond motifs is 1. The standard InChI is InChI=1S/C22H17N3O3S/c26-22(11-6-16-3-2-13-23-15-16)25-17-7-9-18(10-8-17)29(27,28)21-5-1-4-20-19(21)12-14-24-20/h1-15,24H,(H,25,26)/b11-6+. The van der Waals surface area contributed by atoms with Crippen LogP contribution in [0.2, 0.25) is 0 Å². The second-order valence-electron chi connectivity index (χ2n) is 6.33. The summed E-state index contributed by atoms with van der Waals surface area (Å²) in [5, 5.41) is 3.35. The molecule has 29 heavy (non-hydrogen) atoms. The molecular formula is C22H17N3O3S. The first-order chi connectivity index (χ1) is 14.0. The van der Waals surface area contributed by atoms with Gasteiger partial charge in [-0.2, -0.15) is 0 Å². The smallest absolute Gasteiger partial charge is 0.248 e. The molecule has 0 saturated carbocycles. The average molecular weight is 403 g/mol. The van der Waals surface area contributed by atoms with Gasteiger partial charge in [0.25, 0.3) is 0 Å². The minimum atomic E-state index is -3.68. The number of sulfone groups is 1. The molecule has 0 aliphatic heterocycles. The predicted molar refractivity (Wildman–Crippen MR) is 112 cm³/mol. The summed E-state index contributed by atoms with van der Waals surface area (Å²) in [7, 11) is -3.68. The number of benzene rings is 2. The van der Waals surface area contributed by atoms with Crippen LogP contribution in [0.15, 0.2) is 95.1 Å². The summed E-state index contributed by atoms with van der Waals surface area (Å²) >= 11 is 0. The highest BCUT2D eigenvalue weighted by atomic mass is 32.2. The molecule has 2 aromatic heterocycles. The normalized spacial score (nSPS) is 11.7. The molecule has 0 atom stereocenters. The van der Waals surface area contributed by atoms with Crippen molar-refractivity contribution in [1.82, 2.24) is 9.97 Å². The lowest BCUT2D eigenvalue weighted by atomic mass is 10.2. The van der Waals surface area contributed by atoms with Crippen LogP contribution in [0.25, 0.3) is 17.0 Å². The van der Waals surface area contributed by atoms with Crippen LogP contribution in [0.1, 0.15) is 5.56 Å². The summed E-state index contributed by atoms with van der Waals surface area (Å²) < 4.78 is 26.0. The van der Waals surface area contributed by atoms with Crippen molar-refractivity contribution in [2.75, 3.05) is 5.32 Å². The van der Waals surface area contributed by atoms with Gasteiger partial charge in [-0.15, -0.1) is 0 Å². The number of carbonyl (C=O) groups is 1. The lowest BCUT2D eigenvalue weighted by Gasteiger charge is -2.08. The van der Waals surface area contributed by atoms with Crippen LogP contribution in [0.5, 0.6) is 0 Å². The first kappa shape index (κ1) is 18.6. The number of amides is 1. The van der Waals surface area contributed by atoms with Crippen molar-refractivity contribution < 1.29 is 13.2 Å². The van der Waals surface area contributed by atoms with E-state index >= 15 is 0 Å². The fourth-order valence-corrected chi connectivity index (χ4v) is 4.44. The molecule has 0 radical (unpaired) electrons. The van der Waals surface area contributed by atoms with Gasteiger partial charge in [0.15, 0.2) is 0 Å². The van der Waals surface area contributed by atoms with Gasteiger partial charge < -0.3 is 10.3 Å². The van der Waals surface area contributed by atoms with E-state index in [1.165, 1.54) is 18.2 Å². The maximum atomic E-state index is 13.0. The SMILES string of the molecule is O=C(/C=C/c1cccnc1)Nc1ccc(S(=O)(=O)c2cccc3[nH]ccc23)cc1. The molecule has 6 nitrogen and oxygen atoms in total. The molecule has 4 aromatic rings. The van der Waals surface area contributed by atoms with Gasteiger partial charge in [-0.1, -0.05) is 12.1 Å². The van der Waals surface area contributed by atoms with Crippen LogP contribution in [0.3, 0.4) is 0 Å². The lowest BCUT2D eigenvalue weighted by molar-refractivity contribution is -0.111. The fraction of sp³-hybridized carbons (Fsp3) is 0. The van der Waals surface area contributed by atoms with Gasteiger partial charge in [0.05, 0.1) is 9.79 Å². The number of rotatable bonds is 5. The van der Waals surface area contributed by atoms with Crippen LogP contribution in [0, 0.1) is 0 Å². The maximum absolute atomic E-state index is 13.0. The number of aromatic amines is 1. The molecule has 4 rings (SSSR count). The number of nitrogens with zero attached hydrogens (tertiary/aromatic N) is 1. The molecular weight excluding hydrogens is 386 g/mol. The molecule has 0 spiro atoms. The van der Waals surface area contributed by atoms with Gasteiger partial charge in [0.2, 0.25) is 15.7 Å². The van der Waals surface area contributed by atoms with E-state index in [9.17, 15) is 13.2 Å².